The van der Waals surface area contributed by atoms with Crippen LogP contribution in [0.4, 0.5) is 0 Å². The third kappa shape index (κ3) is 14.1. The van der Waals surface area contributed by atoms with E-state index in [1.54, 1.807) is 7.11 Å². The zero-order valence-corrected chi connectivity index (χ0v) is 20.1. The molecule has 2 N–H and O–H groups in total. The first-order valence-electron chi connectivity index (χ1n) is 12.6. The van der Waals surface area contributed by atoms with Crippen molar-refractivity contribution in [3.63, 3.8) is 0 Å². The molecule has 0 saturated heterocycles. The fraction of sp³-hybridized carbons (Fsp3) is 0.704. The lowest BCUT2D eigenvalue weighted by Crippen LogP contribution is -1.99. The molecule has 0 saturated carbocycles. The Kier molecular flexibility index (Phi) is 16.2. The Morgan fingerprint density at radius 3 is 1.56 bits per heavy atom. The summed E-state index contributed by atoms with van der Waals surface area (Å²) >= 11 is 0. The Balaban J connectivity index is 2.23. The monoisotopic (exact) mass is 448 g/mol. The summed E-state index contributed by atoms with van der Waals surface area (Å²) in [5.41, 5.74) is 2.78. The number of aryl methyl sites for hydroxylation is 1. The lowest BCUT2D eigenvalue weighted by molar-refractivity contribution is -0.138. The summed E-state index contributed by atoms with van der Waals surface area (Å²) in [4.78, 5) is 21.0. The predicted molar refractivity (Wildman–Crippen MR) is 130 cm³/mol. The van der Waals surface area contributed by atoms with Crippen LogP contribution in [0.3, 0.4) is 0 Å². The molecule has 1 rings (SSSR count). The highest BCUT2D eigenvalue weighted by molar-refractivity contribution is 5.66. The van der Waals surface area contributed by atoms with Gasteiger partial charge in [-0.2, -0.15) is 0 Å². The number of carboxylic acid groups (broad SMARTS) is 2. The number of hydrogen-bond acceptors (Lipinski definition) is 3. The molecule has 0 aliphatic rings. The van der Waals surface area contributed by atoms with E-state index in [-0.39, 0.29) is 0 Å². The number of rotatable bonds is 21. The van der Waals surface area contributed by atoms with Crippen LogP contribution in [-0.2, 0) is 22.4 Å². The summed E-state index contributed by atoms with van der Waals surface area (Å²) < 4.78 is 5.64. The van der Waals surface area contributed by atoms with E-state index in [1.165, 1.54) is 62.5 Å². The lowest BCUT2D eigenvalue weighted by Gasteiger charge is -2.14. The van der Waals surface area contributed by atoms with Crippen molar-refractivity contribution in [2.24, 2.45) is 0 Å². The van der Waals surface area contributed by atoms with Crippen molar-refractivity contribution in [2.45, 2.75) is 116 Å². The van der Waals surface area contributed by atoms with E-state index in [2.05, 4.69) is 18.2 Å². The maximum absolute atomic E-state index is 10.5. The normalized spacial score (nSPS) is 10.9. The van der Waals surface area contributed by atoms with Crippen LogP contribution in [0, 0.1) is 0 Å². The van der Waals surface area contributed by atoms with Gasteiger partial charge in [0.2, 0.25) is 0 Å². The number of aliphatic carboxylic acids is 2. The van der Waals surface area contributed by atoms with Gasteiger partial charge in [-0.3, -0.25) is 9.59 Å². The van der Waals surface area contributed by atoms with E-state index in [9.17, 15) is 9.59 Å². The molecular weight excluding hydrogens is 404 g/mol. The van der Waals surface area contributed by atoms with Crippen LogP contribution >= 0.6 is 0 Å². The van der Waals surface area contributed by atoms with Gasteiger partial charge in [0.25, 0.3) is 0 Å². The Morgan fingerprint density at radius 1 is 0.656 bits per heavy atom. The molecule has 32 heavy (non-hydrogen) atoms. The maximum atomic E-state index is 10.5. The summed E-state index contributed by atoms with van der Waals surface area (Å²) in [6.45, 7) is 0. The zero-order chi connectivity index (χ0) is 23.4. The van der Waals surface area contributed by atoms with Gasteiger partial charge in [0.1, 0.15) is 5.75 Å². The average Bonchev–Trinajstić information content (AvgIpc) is 2.76. The molecule has 0 bridgehead atoms. The Hall–Kier alpha value is -2.04. The van der Waals surface area contributed by atoms with E-state index < -0.39 is 11.9 Å². The number of unbranched alkanes of at least 4 members (excludes halogenated alkanes) is 12. The minimum absolute atomic E-state index is 0.295. The topological polar surface area (TPSA) is 83.8 Å². The highest BCUT2D eigenvalue weighted by atomic mass is 16.5. The lowest BCUT2D eigenvalue weighted by atomic mass is 9.95. The van der Waals surface area contributed by atoms with Gasteiger partial charge >= 0.3 is 11.9 Å². The summed E-state index contributed by atoms with van der Waals surface area (Å²) in [6.07, 6.45) is 18.2. The van der Waals surface area contributed by atoms with Crippen molar-refractivity contribution in [2.75, 3.05) is 7.11 Å². The highest BCUT2D eigenvalue weighted by Gasteiger charge is 2.09. The van der Waals surface area contributed by atoms with Gasteiger partial charge in [-0.15, -0.1) is 0 Å². The summed E-state index contributed by atoms with van der Waals surface area (Å²) in [5.74, 6) is -0.368. The van der Waals surface area contributed by atoms with E-state index in [4.69, 9.17) is 14.9 Å². The summed E-state index contributed by atoms with van der Waals surface area (Å²) in [5, 5.41) is 17.3. The van der Waals surface area contributed by atoms with E-state index in [1.807, 2.05) is 0 Å². The van der Waals surface area contributed by atoms with Crippen molar-refractivity contribution in [1.82, 2.24) is 0 Å². The number of methoxy groups -OCH3 is 1. The zero-order valence-electron chi connectivity index (χ0n) is 20.1. The molecule has 0 atom stereocenters. The van der Waals surface area contributed by atoms with Crippen molar-refractivity contribution in [3.8, 4) is 5.75 Å². The van der Waals surface area contributed by atoms with Gasteiger partial charge in [-0.25, -0.2) is 0 Å². The summed E-state index contributed by atoms with van der Waals surface area (Å²) in [7, 11) is 1.75. The first kappa shape index (κ1) is 28.0. The van der Waals surface area contributed by atoms with Gasteiger partial charge in [-0.05, 0) is 55.7 Å². The van der Waals surface area contributed by atoms with Crippen LogP contribution in [0.1, 0.15) is 114 Å². The molecular formula is C27H44O5. The molecule has 5 nitrogen and oxygen atoms in total. The van der Waals surface area contributed by atoms with Crippen LogP contribution in [0.5, 0.6) is 5.75 Å². The largest absolute Gasteiger partial charge is 0.496 e. The molecule has 1 aromatic carbocycles. The maximum Gasteiger partial charge on any atom is 0.303 e. The van der Waals surface area contributed by atoms with Crippen LogP contribution in [-0.4, -0.2) is 29.3 Å². The smallest absolute Gasteiger partial charge is 0.303 e. The van der Waals surface area contributed by atoms with Gasteiger partial charge in [-0.1, -0.05) is 76.3 Å². The van der Waals surface area contributed by atoms with E-state index in [0.717, 1.165) is 57.1 Å². The fourth-order valence-corrected chi connectivity index (χ4v) is 4.26. The van der Waals surface area contributed by atoms with Gasteiger partial charge in [0, 0.05) is 12.8 Å². The van der Waals surface area contributed by atoms with Gasteiger partial charge in [0.05, 0.1) is 7.11 Å². The third-order valence-corrected chi connectivity index (χ3v) is 6.10. The molecule has 1 aromatic rings. The van der Waals surface area contributed by atoms with Crippen LogP contribution in [0.2, 0.25) is 0 Å². The van der Waals surface area contributed by atoms with Crippen molar-refractivity contribution in [1.29, 1.82) is 0 Å². The minimum atomic E-state index is -0.689. The van der Waals surface area contributed by atoms with E-state index in [0.29, 0.717) is 12.8 Å². The Labute approximate surface area is 194 Å². The first-order chi connectivity index (χ1) is 15.5. The molecule has 5 heteroatoms. The van der Waals surface area contributed by atoms with Crippen LogP contribution in [0.25, 0.3) is 0 Å². The quantitative estimate of drug-likeness (QED) is 0.194. The van der Waals surface area contributed by atoms with Gasteiger partial charge in [0.15, 0.2) is 0 Å². The molecule has 0 amide bonds. The molecule has 0 unspecified atom stereocenters. The minimum Gasteiger partial charge on any atom is -0.496 e. The number of carbonyl (C=O) groups is 2. The second-order valence-electron chi connectivity index (χ2n) is 8.84. The molecule has 0 aliphatic carbocycles. The fourth-order valence-electron chi connectivity index (χ4n) is 4.26. The molecule has 0 fully saturated rings. The van der Waals surface area contributed by atoms with Gasteiger partial charge < -0.3 is 14.9 Å². The molecule has 0 spiro atoms. The number of hydrogen-bond donors (Lipinski definition) is 2. The van der Waals surface area contributed by atoms with E-state index >= 15 is 0 Å². The molecule has 0 aromatic heterocycles. The van der Waals surface area contributed by atoms with Crippen LogP contribution in [0.15, 0.2) is 18.2 Å². The Morgan fingerprint density at radius 2 is 1.09 bits per heavy atom. The number of ether oxygens (including phenoxy) is 1. The molecule has 0 aliphatic heterocycles. The second-order valence-corrected chi connectivity index (χ2v) is 8.84. The Bertz CT molecular complexity index is 641. The summed E-state index contributed by atoms with van der Waals surface area (Å²) in [6, 6.07) is 6.40. The number of benzene rings is 1. The SMILES string of the molecule is COc1cccc(CCCCCCCCCC(=O)O)c1CCCCCCCCCC(=O)O. The number of carboxylic acids is 2. The average molecular weight is 449 g/mol. The molecule has 0 radical (unpaired) electrons. The molecule has 182 valence electrons. The standard InChI is InChI=1S/C27H44O5/c1-32-25-20-16-18-23(17-12-8-4-2-6-10-14-21-26(28)29)24(25)19-13-9-5-3-7-11-15-22-27(30)31/h16,18,20H,2-15,17,19,21-22H2,1H3,(H,28,29)(H,30,31). The second kappa shape index (κ2) is 18.5. The van der Waals surface area contributed by atoms with Crippen molar-refractivity contribution in [3.05, 3.63) is 29.3 Å². The molecule has 0 heterocycles. The predicted octanol–water partition coefficient (Wildman–Crippen LogP) is 7.19. The third-order valence-electron chi connectivity index (χ3n) is 6.10. The van der Waals surface area contributed by atoms with Crippen molar-refractivity contribution < 1.29 is 24.5 Å². The van der Waals surface area contributed by atoms with Crippen LogP contribution < -0.4 is 4.74 Å². The first-order valence-corrected chi connectivity index (χ1v) is 12.6. The highest BCUT2D eigenvalue weighted by Crippen LogP contribution is 2.26. The van der Waals surface area contributed by atoms with Crippen molar-refractivity contribution >= 4 is 11.9 Å².